The number of hydrogen-bond acceptors (Lipinski definition) is 6. The number of carboxylic acids is 1. The summed E-state index contributed by atoms with van der Waals surface area (Å²) in [4.78, 5) is 29.6. The minimum atomic E-state index is -0.971. The number of hydrogen-bond donors (Lipinski definition) is 1. The van der Waals surface area contributed by atoms with Gasteiger partial charge >= 0.3 is 12.0 Å². The smallest absolute Gasteiger partial charge is 0.322 e. The molecule has 2 aliphatic heterocycles. The van der Waals surface area contributed by atoms with Gasteiger partial charge in [0.25, 0.3) is 0 Å². The van der Waals surface area contributed by atoms with Gasteiger partial charge in [0.05, 0.1) is 19.1 Å². The van der Waals surface area contributed by atoms with Crippen molar-refractivity contribution < 1.29 is 33.6 Å². The molecule has 0 aromatic heterocycles. The van der Waals surface area contributed by atoms with Gasteiger partial charge in [0.2, 0.25) is 6.79 Å². The van der Waals surface area contributed by atoms with E-state index < -0.39 is 30.1 Å². The topological polar surface area (TPSA) is 97.8 Å². The molecule has 2 aliphatic rings. The molecule has 0 bridgehead atoms. The number of likely N-dealkylation sites (tertiary alicyclic amines) is 1. The standard InChI is InChI=1S/C25H30N2O7/c1-5-26(15(2)31-3)25(30)27-13-19(17-8-11-20-21(12-17)34-14-33-20)22(24(28)29)23(27)16-6-9-18(32-4)10-7-16/h6-12,15,19,22-23H,5,13-14H2,1-4H3,(H,28,29). The van der Waals surface area contributed by atoms with Crippen LogP contribution in [0.1, 0.15) is 36.9 Å². The fourth-order valence-corrected chi connectivity index (χ4v) is 4.84. The van der Waals surface area contributed by atoms with Gasteiger partial charge in [-0.3, -0.25) is 9.69 Å². The Hall–Kier alpha value is -3.46. The number of nitrogens with zero attached hydrogens (tertiary/aromatic N) is 2. The van der Waals surface area contributed by atoms with E-state index in [-0.39, 0.29) is 19.4 Å². The van der Waals surface area contributed by atoms with Crippen molar-refractivity contribution >= 4 is 12.0 Å². The second-order valence-corrected chi connectivity index (χ2v) is 8.36. The third kappa shape index (κ3) is 4.23. The zero-order chi connectivity index (χ0) is 24.4. The van der Waals surface area contributed by atoms with Gasteiger partial charge in [-0.05, 0) is 49.2 Å². The third-order valence-corrected chi connectivity index (χ3v) is 6.68. The molecule has 0 saturated carbocycles. The van der Waals surface area contributed by atoms with Crippen LogP contribution in [0.5, 0.6) is 17.2 Å². The fourth-order valence-electron chi connectivity index (χ4n) is 4.84. The SMILES string of the molecule is CCN(C(=O)N1CC(c2ccc3c(c2)OCO3)C(C(=O)O)C1c1ccc(OC)cc1)C(C)OC. The molecule has 4 unspecified atom stereocenters. The number of rotatable bonds is 7. The van der Waals surface area contributed by atoms with Crippen molar-refractivity contribution in [1.82, 2.24) is 9.80 Å². The largest absolute Gasteiger partial charge is 0.497 e. The van der Waals surface area contributed by atoms with Crippen molar-refractivity contribution in [3.63, 3.8) is 0 Å². The van der Waals surface area contributed by atoms with Crippen LogP contribution < -0.4 is 14.2 Å². The number of amides is 2. The molecular weight excluding hydrogens is 440 g/mol. The Bertz CT molecular complexity index is 1040. The zero-order valence-electron chi connectivity index (χ0n) is 19.8. The zero-order valence-corrected chi connectivity index (χ0v) is 19.8. The van der Waals surface area contributed by atoms with Gasteiger partial charge in [-0.25, -0.2) is 4.79 Å². The molecule has 2 heterocycles. The summed E-state index contributed by atoms with van der Waals surface area (Å²) in [5.74, 6) is -0.424. The molecule has 4 atom stereocenters. The molecule has 0 radical (unpaired) electrons. The first kappa shape index (κ1) is 23.7. The predicted molar refractivity (Wildman–Crippen MR) is 123 cm³/mol. The highest BCUT2D eigenvalue weighted by Gasteiger charge is 2.50. The van der Waals surface area contributed by atoms with Crippen LogP contribution in [-0.2, 0) is 9.53 Å². The van der Waals surface area contributed by atoms with Crippen LogP contribution in [-0.4, -0.2) is 67.2 Å². The number of carbonyl (C=O) groups excluding carboxylic acids is 1. The Morgan fingerprint density at radius 2 is 1.79 bits per heavy atom. The number of aliphatic carboxylic acids is 1. The van der Waals surface area contributed by atoms with Crippen molar-refractivity contribution in [3.05, 3.63) is 53.6 Å². The van der Waals surface area contributed by atoms with Gasteiger partial charge in [0.1, 0.15) is 12.0 Å². The molecule has 1 saturated heterocycles. The second-order valence-electron chi connectivity index (χ2n) is 8.36. The molecule has 2 aromatic rings. The summed E-state index contributed by atoms with van der Waals surface area (Å²) < 4.78 is 21.6. The van der Waals surface area contributed by atoms with Crippen LogP contribution in [0.2, 0.25) is 0 Å². The average molecular weight is 471 g/mol. The Kier molecular flexibility index (Phi) is 6.83. The molecule has 9 heteroatoms. The van der Waals surface area contributed by atoms with E-state index in [1.54, 1.807) is 49.1 Å². The van der Waals surface area contributed by atoms with E-state index in [4.69, 9.17) is 18.9 Å². The lowest BCUT2D eigenvalue weighted by Crippen LogP contribution is -2.48. The van der Waals surface area contributed by atoms with Crippen molar-refractivity contribution in [2.75, 3.05) is 34.1 Å². The minimum Gasteiger partial charge on any atom is -0.497 e. The monoisotopic (exact) mass is 470 g/mol. The van der Waals surface area contributed by atoms with Crippen molar-refractivity contribution in [2.24, 2.45) is 5.92 Å². The van der Waals surface area contributed by atoms with E-state index in [1.165, 1.54) is 0 Å². The first-order valence-corrected chi connectivity index (χ1v) is 11.3. The van der Waals surface area contributed by atoms with Gasteiger partial charge < -0.3 is 29.0 Å². The molecule has 0 aliphatic carbocycles. The summed E-state index contributed by atoms with van der Waals surface area (Å²) in [6.07, 6.45) is -0.457. The molecule has 9 nitrogen and oxygen atoms in total. The minimum absolute atomic E-state index is 0.130. The maximum Gasteiger partial charge on any atom is 0.322 e. The van der Waals surface area contributed by atoms with E-state index in [0.29, 0.717) is 23.8 Å². The molecule has 182 valence electrons. The van der Waals surface area contributed by atoms with Crippen LogP contribution in [0.4, 0.5) is 4.79 Å². The molecule has 1 N–H and O–H groups in total. The van der Waals surface area contributed by atoms with Gasteiger partial charge in [-0.2, -0.15) is 0 Å². The molecule has 1 fully saturated rings. The lowest BCUT2D eigenvalue weighted by molar-refractivity contribution is -0.143. The number of carbonyl (C=O) groups is 2. The molecule has 0 spiro atoms. The molecule has 4 rings (SSSR count). The van der Waals surface area contributed by atoms with Crippen LogP contribution in [0.15, 0.2) is 42.5 Å². The van der Waals surface area contributed by atoms with Gasteiger partial charge in [0, 0.05) is 26.1 Å². The average Bonchev–Trinajstić information content (AvgIpc) is 3.48. The first-order chi connectivity index (χ1) is 16.4. The number of urea groups is 1. The van der Waals surface area contributed by atoms with Crippen LogP contribution >= 0.6 is 0 Å². The lowest BCUT2D eigenvalue weighted by Gasteiger charge is -2.35. The van der Waals surface area contributed by atoms with Gasteiger partial charge in [-0.1, -0.05) is 18.2 Å². The Morgan fingerprint density at radius 3 is 2.41 bits per heavy atom. The summed E-state index contributed by atoms with van der Waals surface area (Å²) >= 11 is 0. The predicted octanol–water partition coefficient (Wildman–Crippen LogP) is 3.70. The van der Waals surface area contributed by atoms with Gasteiger partial charge in [0.15, 0.2) is 11.5 Å². The number of benzene rings is 2. The first-order valence-electron chi connectivity index (χ1n) is 11.3. The molecule has 2 amide bonds. The van der Waals surface area contributed by atoms with Gasteiger partial charge in [-0.15, -0.1) is 0 Å². The number of carboxylic acid groups (broad SMARTS) is 1. The van der Waals surface area contributed by atoms with E-state index in [0.717, 1.165) is 11.1 Å². The van der Waals surface area contributed by atoms with Crippen LogP contribution in [0.25, 0.3) is 0 Å². The maximum absolute atomic E-state index is 13.7. The number of fused-ring (bicyclic) bond motifs is 1. The highest BCUT2D eigenvalue weighted by molar-refractivity contribution is 5.80. The van der Waals surface area contributed by atoms with Crippen molar-refractivity contribution in [3.8, 4) is 17.2 Å². The second kappa shape index (κ2) is 9.80. The lowest BCUT2D eigenvalue weighted by atomic mass is 9.83. The van der Waals surface area contributed by atoms with Crippen LogP contribution in [0.3, 0.4) is 0 Å². The Morgan fingerprint density at radius 1 is 1.12 bits per heavy atom. The van der Waals surface area contributed by atoms with Crippen molar-refractivity contribution in [1.29, 1.82) is 0 Å². The van der Waals surface area contributed by atoms with E-state index in [9.17, 15) is 14.7 Å². The highest BCUT2D eigenvalue weighted by atomic mass is 16.7. The molecular formula is C25H30N2O7. The van der Waals surface area contributed by atoms with E-state index in [1.807, 2.05) is 31.2 Å². The summed E-state index contributed by atoms with van der Waals surface area (Å²) in [6, 6.07) is 11.7. The number of methoxy groups -OCH3 is 2. The maximum atomic E-state index is 13.7. The van der Waals surface area contributed by atoms with Crippen LogP contribution in [0, 0.1) is 5.92 Å². The summed E-state index contributed by atoms with van der Waals surface area (Å²) in [7, 11) is 3.11. The van der Waals surface area contributed by atoms with E-state index >= 15 is 0 Å². The fraction of sp³-hybridized carbons (Fsp3) is 0.440. The van der Waals surface area contributed by atoms with E-state index in [2.05, 4.69) is 0 Å². The normalized spacial score (nSPS) is 21.9. The molecule has 34 heavy (non-hydrogen) atoms. The summed E-state index contributed by atoms with van der Waals surface area (Å²) in [5.41, 5.74) is 1.51. The summed E-state index contributed by atoms with van der Waals surface area (Å²) in [6.45, 7) is 4.45. The summed E-state index contributed by atoms with van der Waals surface area (Å²) in [5, 5.41) is 10.4. The van der Waals surface area contributed by atoms with Crippen molar-refractivity contribution in [2.45, 2.75) is 32.0 Å². The molecule has 2 aromatic carbocycles. The quantitative estimate of drug-likeness (QED) is 0.616. The Labute approximate surface area is 198 Å². The highest BCUT2D eigenvalue weighted by Crippen LogP contribution is 2.48. The third-order valence-electron chi connectivity index (χ3n) is 6.68. The number of ether oxygens (including phenoxy) is 4. The Balaban J connectivity index is 1.78.